The Morgan fingerprint density at radius 1 is 0.973 bits per heavy atom. The third-order valence-electron chi connectivity index (χ3n) is 7.93. The van der Waals surface area contributed by atoms with Crippen molar-refractivity contribution in [3.8, 4) is 0 Å². The number of nitrogens with zero attached hydrogens (tertiary/aromatic N) is 3. The molecule has 1 saturated heterocycles. The van der Waals surface area contributed by atoms with Crippen LogP contribution in [-0.4, -0.2) is 54.3 Å². The number of benzene rings is 2. The quantitative estimate of drug-likeness (QED) is 0.614. The van der Waals surface area contributed by atoms with Gasteiger partial charge in [0.25, 0.3) is 5.91 Å². The molecule has 7 nitrogen and oxygen atoms in total. The number of hydrogen-bond acceptors (Lipinski definition) is 4. The zero-order valence-electron chi connectivity index (χ0n) is 21.4. The van der Waals surface area contributed by atoms with Crippen molar-refractivity contribution in [2.24, 2.45) is 0 Å². The van der Waals surface area contributed by atoms with Gasteiger partial charge in [-0.3, -0.25) is 19.3 Å². The van der Waals surface area contributed by atoms with Crippen LogP contribution in [0.2, 0.25) is 5.02 Å². The molecule has 1 saturated carbocycles. The minimum Gasteiger partial charge on any atom is -0.371 e. The smallest absolute Gasteiger partial charge is 0.260 e. The largest absolute Gasteiger partial charge is 0.371 e. The molecule has 0 spiro atoms. The SMILES string of the molecule is CC(C(=O)NC1CCCCC1)N1Cc2ccccc2N(C(=O)c2ccc(N3CCCC3)cc2Cl)CC1=O. The first-order chi connectivity index (χ1) is 17.9. The standard InChI is InChI=1S/C29H35ClN4O3/c1-20(28(36)31-22-10-3-2-4-11-22)33-18-21-9-5-6-12-26(21)34(19-27(33)35)29(37)24-14-13-23(17-25(24)30)32-15-7-8-16-32/h5-6,9,12-14,17,20,22H,2-4,7-8,10-11,15-16,18-19H2,1H3,(H,31,36). The fourth-order valence-corrected chi connectivity index (χ4v) is 5.99. The van der Waals surface area contributed by atoms with Gasteiger partial charge in [-0.2, -0.15) is 0 Å². The van der Waals surface area contributed by atoms with Crippen LogP contribution in [0, 0.1) is 0 Å². The molecule has 37 heavy (non-hydrogen) atoms. The number of carbonyl (C=O) groups is 3. The topological polar surface area (TPSA) is 73.0 Å². The first-order valence-corrected chi connectivity index (χ1v) is 13.8. The molecular formula is C29H35ClN4O3. The van der Waals surface area contributed by atoms with E-state index >= 15 is 0 Å². The van der Waals surface area contributed by atoms with E-state index in [0.29, 0.717) is 16.3 Å². The van der Waals surface area contributed by atoms with Crippen LogP contribution in [0.15, 0.2) is 42.5 Å². The van der Waals surface area contributed by atoms with E-state index in [1.807, 2.05) is 36.4 Å². The second-order valence-corrected chi connectivity index (χ2v) is 10.8. The molecule has 2 heterocycles. The zero-order chi connectivity index (χ0) is 25.9. The molecule has 2 aromatic carbocycles. The lowest BCUT2D eigenvalue weighted by molar-refractivity contribution is -0.139. The maximum atomic E-state index is 13.8. The van der Waals surface area contributed by atoms with E-state index in [2.05, 4.69) is 10.2 Å². The Kier molecular flexibility index (Phi) is 7.70. The Balaban J connectivity index is 1.37. The summed E-state index contributed by atoms with van der Waals surface area (Å²) in [6, 6.07) is 12.6. The normalized spacial score (nSPS) is 19.4. The lowest BCUT2D eigenvalue weighted by Crippen LogP contribution is -2.51. The molecule has 5 rings (SSSR count). The van der Waals surface area contributed by atoms with E-state index in [0.717, 1.165) is 62.9 Å². The van der Waals surface area contributed by atoms with Gasteiger partial charge in [-0.25, -0.2) is 0 Å². The highest BCUT2D eigenvalue weighted by atomic mass is 35.5. The summed E-state index contributed by atoms with van der Waals surface area (Å²) >= 11 is 6.62. The van der Waals surface area contributed by atoms with Gasteiger partial charge < -0.3 is 15.1 Å². The molecule has 2 fully saturated rings. The van der Waals surface area contributed by atoms with Crippen molar-refractivity contribution >= 4 is 40.7 Å². The zero-order valence-corrected chi connectivity index (χ0v) is 22.2. The summed E-state index contributed by atoms with van der Waals surface area (Å²) in [5.74, 6) is -0.723. The summed E-state index contributed by atoms with van der Waals surface area (Å²) in [4.78, 5) is 45.7. The monoisotopic (exact) mass is 522 g/mol. The van der Waals surface area contributed by atoms with Crippen LogP contribution < -0.4 is 15.1 Å². The van der Waals surface area contributed by atoms with Crippen molar-refractivity contribution < 1.29 is 14.4 Å². The molecule has 8 heteroatoms. The highest BCUT2D eigenvalue weighted by molar-refractivity contribution is 6.35. The Bertz CT molecular complexity index is 1170. The maximum absolute atomic E-state index is 13.8. The number of para-hydroxylation sites is 1. The highest BCUT2D eigenvalue weighted by Crippen LogP contribution is 2.32. The Labute approximate surface area is 223 Å². The van der Waals surface area contributed by atoms with E-state index < -0.39 is 6.04 Å². The average molecular weight is 523 g/mol. The average Bonchev–Trinajstić information content (AvgIpc) is 3.41. The van der Waals surface area contributed by atoms with Crippen LogP contribution in [0.3, 0.4) is 0 Å². The van der Waals surface area contributed by atoms with E-state index in [1.165, 1.54) is 11.3 Å². The number of fused-ring (bicyclic) bond motifs is 1. The summed E-state index contributed by atoms with van der Waals surface area (Å²) < 4.78 is 0. The van der Waals surface area contributed by atoms with Gasteiger partial charge in [-0.15, -0.1) is 0 Å². The molecule has 0 aromatic heterocycles. The first kappa shape index (κ1) is 25.6. The molecule has 2 aromatic rings. The number of hydrogen-bond donors (Lipinski definition) is 1. The predicted octanol–water partition coefficient (Wildman–Crippen LogP) is 4.77. The second kappa shape index (κ2) is 11.1. The molecule has 1 aliphatic carbocycles. The molecule has 2 aliphatic heterocycles. The van der Waals surface area contributed by atoms with Crippen LogP contribution in [0.25, 0.3) is 0 Å². The number of halogens is 1. The summed E-state index contributed by atoms with van der Waals surface area (Å²) in [5, 5.41) is 3.52. The first-order valence-electron chi connectivity index (χ1n) is 13.5. The molecular weight excluding hydrogens is 488 g/mol. The summed E-state index contributed by atoms with van der Waals surface area (Å²) in [6.07, 6.45) is 7.71. The minimum atomic E-state index is -0.638. The van der Waals surface area contributed by atoms with Crippen LogP contribution in [-0.2, 0) is 16.1 Å². The van der Waals surface area contributed by atoms with Crippen LogP contribution in [0.5, 0.6) is 0 Å². The summed E-state index contributed by atoms with van der Waals surface area (Å²) in [7, 11) is 0. The predicted molar refractivity (Wildman–Crippen MR) is 146 cm³/mol. The van der Waals surface area contributed by atoms with Gasteiger partial charge in [-0.1, -0.05) is 49.1 Å². The van der Waals surface area contributed by atoms with Crippen molar-refractivity contribution in [2.45, 2.75) is 70.5 Å². The molecule has 0 bridgehead atoms. The van der Waals surface area contributed by atoms with Crippen molar-refractivity contribution in [3.05, 3.63) is 58.6 Å². The lowest BCUT2D eigenvalue weighted by atomic mass is 9.95. The molecule has 196 valence electrons. The molecule has 1 N–H and O–H groups in total. The van der Waals surface area contributed by atoms with Gasteiger partial charge >= 0.3 is 0 Å². The summed E-state index contributed by atoms with van der Waals surface area (Å²) in [6.45, 7) is 3.85. The van der Waals surface area contributed by atoms with Gasteiger partial charge in [0.05, 0.1) is 10.6 Å². The summed E-state index contributed by atoms with van der Waals surface area (Å²) in [5.41, 5.74) is 2.87. The molecule has 3 amide bonds. The Morgan fingerprint density at radius 3 is 2.43 bits per heavy atom. The van der Waals surface area contributed by atoms with Gasteiger partial charge in [0, 0.05) is 37.1 Å². The fourth-order valence-electron chi connectivity index (χ4n) is 5.73. The fraction of sp³-hybridized carbons (Fsp3) is 0.483. The van der Waals surface area contributed by atoms with Gasteiger partial charge in [-0.05, 0) is 62.4 Å². The Morgan fingerprint density at radius 2 is 1.70 bits per heavy atom. The van der Waals surface area contributed by atoms with Gasteiger partial charge in [0.2, 0.25) is 11.8 Å². The van der Waals surface area contributed by atoms with E-state index in [9.17, 15) is 14.4 Å². The van der Waals surface area contributed by atoms with Crippen LogP contribution >= 0.6 is 11.6 Å². The van der Waals surface area contributed by atoms with Gasteiger partial charge in [0.1, 0.15) is 12.6 Å². The molecule has 3 aliphatic rings. The molecule has 0 radical (unpaired) electrons. The van der Waals surface area contributed by atoms with Crippen molar-refractivity contribution in [2.75, 3.05) is 29.4 Å². The minimum absolute atomic E-state index is 0.141. The molecule has 1 unspecified atom stereocenters. The Hall–Kier alpha value is -3.06. The molecule has 1 atom stereocenters. The van der Waals surface area contributed by atoms with Crippen LogP contribution in [0.4, 0.5) is 11.4 Å². The number of rotatable bonds is 5. The number of anilines is 2. The third kappa shape index (κ3) is 5.47. The van der Waals surface area contributed by atoms with Crippen molar-refractivity contribution in [1.29, 1.82) is 0 Å². The number of carbonyl (C=O) groups excluding carboxylic acids is 3. The third-order valence-corrected chi connectivity index (χ3v) is 8.25. The second-order valence-electron chi connectivity index (χ2n) is 10.4. The van der Waals surface area contributed by atoms with Crippen molar-refractivity contribution in [3.63, 3.8) is 0 Å². The number of nitrogens with one attached hydrogen (secondary N) is 1. The van der Waals surface area contributed by atoms with Crippen LogP contribution in [0.1, 0.15) is 67.8 Å². The van der Waals surface area contributed by atoms with Crippen molar-refractivity contribution in [1.82, 2.24) is 10.2 Å². The van der Waals surface area contributed by atoms with E-state index in [-0.39, 0.29) is 36.9 Å². The maximum Gasteiger partial charge on any atom is 0.260 e. The van der Waals surface area contributed by atoms with E-state index in [4.69, 9.17) is 11.6 Å². The van der Waals surface area contributed by atoms with Gasteiger partial charge in [0.15, 0.2) is 0 Å². The number of amides is 3. The highest BCUT2D eigenvalue weighted by Gasteiger charge is 2.35. The van der Waals surface area contributed by atoms with E-state index in [1.54, 1.807) is 17.9 Å². The lowest BCUT2D eigenvalue weighted by Gasteiger charge is -2.30.